The first-order chi connectivity index (χ1) is 6.77. The topological polar surface area (TPSA) is 55.8 Å². The standard InChI is InChI=1S/C10H11O4/c1-2-13-10-7-8(14-6-5-11)3-4-9(10)12/h3-4,7,12H,2,6H2,1H3. The van der Waals surface area contributed by atoms with Gasteiger partial charge in [0, 0.05) is 6.07 Å². The first kappa shape index (κ1) is 10.4. The highest BCUT2D eigenvalue weighted by atomic mass is 16.5. The van der Waals surface area contributed by atoms with Crippen molar-refractivity contribution < 1.29 is 19.4 Å². The Labute approximate surface area is 82.1 Å². The van der Waals surface area contributed by atoms with Crippen LogP contribution in [0.25, 0.3) is 0 Å². The van der Waals surface area contributed by atoms with Crippen LogP contribution in [0.5, 0.6) is 17.2 Å². The Morgan fingerprint density at radius 2 is 2.21 bits per heavy atom. The third-order valence-corrected chi connectivity index (χ3v) is 1.53. The zero-order valence-corrected chi connectivity index (χ0v) is 7.82. The molecule has 1 aromatic rings. The average molecular weight is 195 g/mol. The number of hydrogen-bond donors (Lipinski definition) is 1. The summed E-state index contributed by atoms with van der Waals surface area (Å²) in [5.41, 5.74) is 0. The van der Waals surface area contributed by atoms with Crippen LogP contribution < -0.4 is 9.47 Å². The maximum Gasteiger partial charge on any atom is 0.239 e. The number of benzene rings is 1. The SMILES string of the molecule is CCOc1cc(OC[C]=O)ccc1O. The third kappa shape index (κ3) is 2.65. The summed E-state index contributed by atoms with van der Waals surface area (Å²) >= 11 is 0. The number of rotatable bonds is 5. The molecular weight excluding hydrogens is 184 g/mol. The fraction of sp³-hybridized carbons (Fsp3) is 0.300. The zero-order chi connectivity index (χ0) is 10.4. The van der Waals surface area contributed by atoms with E-state index in [-0.39, 0.29) is 12.4 Å². The predicted molar refractivity (Wildman–Crippen MR) is 50.5 cm³/mol. The summed E-state index contributed by atoms with van der Waals surface area (Å²) in [7, 11) is 0. The van der Waals surface area contributed by atoms with Gasteiger partial charge in [0.15, 0.2) is 18.1 Å². The molecule has 1 N–H and O–H groups in total. The molecule has 0 heterocycles. The van der Waals surface area contributed by atoms with Gasteiger partial charge in [0.2, 0.25) is 6.29 Å². The van der Waals surface area contributed by atoms with Crippen LogP contribution in [0.1, 0.15) is 6.92 Å². The summed E-state index contributed by atoms with van der Waals surface area (Å²) in [5, 5.41) is 9.33. The van der Waals surface area contributed by atoms with Crippen molar-refractivity contribution in [1.29, 1.82) is 0 Å². The van der Waals surface area contributed by atoms with Crippen molar-refractivity contribution in [3.63, 3.8) is 0 Å². The van der Waals surface area contributed by atoms with Crippen LogP contribution in [-0.2, 0) is 4.79 Å². The van der Waals surface area contributed by atoms with E-state index in [9.17, 15) is 9.90 Å². The normalized spacial score (nSPS) is 9.50. The molecular formula is C10H11O4. The monoisotopic (exact) mass is 195 g/mol. The lowest BCUT2D eigenvalue weighted by Gasteiger charge is -2.07. The Balaban J connectivity index is 2.77. The van der Waals surface area contributed by atoms with Gasteiger partial charge in [0.05, 0.1) is 6.61 Å². The molecule has 4 nitrogen and oxygen atoms in total. The summed E-state index contributed by atoms with van der Waals surface area (Å²) in [6.45, 7) is 2.14. The Kier molecular flexibility index (Phi) is 3.79. The zero-order valence-electron chi connectivity index (χ0n) is 7.82. The largest absolute Gasteiger partial charge is 0.504 e. The van der Waals surface area contributed by atoms with E-state index >= 15 is 0 Å². The molecule has 0 amide bonds. The number of phenolic OH excluding ortho intramolecular Hbond substituents is 1. The number of hydrogen-bond acceptors (Lipinski definition) is 4. The second-order valence-electron chi connectivity index (χ2n) is 2.50. The molecule has 0 unspecified atom stereocenters. The summed E-state index contributed by atoms with van der Waals surface area (Å²) in [6, 6.07) is 4.52. The number of carbonyl (C=O) groups excluding carboxylic acids is 1. The maximum absolute atomic E-state index is 9.93. The Hall–Kier alpha value is -1.71. The molecule has 0 bridgehead atoms. The van der Waals surface area contributed by atoms with E-state index < -0.39 is 0 Å². The lowest BCUT2D eigenvalue weighted by atomic mass is 10.3. The molecule has 14 heavy (non-hydrogen) atoms. The fourth-order valence-electron chi connectivity index (χ4n) is 0.968. The summed E-state index contributed by atoms with van der Waals surface area (Å²) in [5.74, 6) is 0.861. The molecule has 4 heteroatoms. The van der Waals surface area contributed by atoms with Gasteiger partial charge in [-0.2, -0.15) is 0 Å². The smallest absolute Gasteiger partial charge is 0.239 e. The molecule has 0 aliphatic carbocycles. The molecule has 1 rings (SSSR count). The van der Waals surface area contributed by atoms with Gasteiger partial charge in [-0.3, -0.25) is 4.79 Å². The van der Waals surface area contributed by atoms with Crippen molar-refractivity contribution in [1.82, 2.24) is 0 Å². The average Bonchev–Trinajstić information content (AvgIpc) is 2.19. The van der Waals surface area contributed by atoms with Gasteiger partial charge >= 0.3 is 0 Å². The second-order valence-corrected chi connectivity index (χ2v) is 2.50. The summed E-state index contributed by atoms with van der Waals surface area (Å²) in [6.07, 6.45) is 1.61. The predicted octanol–water partition coefficient (Wildman–Crippen LogP) is 1.28. The van der Waals surface area contributed by atoms with Crippen LogP contribution in [-0.4, -0.2) is 24.6 Å². The molecule has 1 aromatic carbocycles. The molecule has 0 aliphatic rings. The highest BCUT2D eigenvalue weighted by Crippen LogP contribution is 2.30. The van der Waals surface area contributed by atoms with E-state index in [1.165, 1.54) is 12.1 Å². The number of phenols is 1. The van der Waals surface area contributed by atoms with Gasteiger partial charge in [0.25, 0.3) is 0 Å². The molecule has 0 atom stereocenters. The third-order valence-electron chi connectivity index (χ3n) is 1.53. The summed E-state index contributed by atoms with van der Waals surface area (Å²) in [4.78, 5) is 9.93. The molecule has 0 fully saturated rings. The number of aromatic hydroxyl groups is 1. The van der Waals surface area contributed by atoms with Gasteiger partial charge in [0.1, 0.15) is 5.75 Å². The quantitative estimate of drug-likeness (QED) is 0.768. The molecule has 0 aromatic heterocycles. The van der Waals surface area contributed by atoms with Crippen LogP contribution in [0, 0.1) is 0 Å². The molecule has 1 radical (unpaired) electrons. The molecule has 75 valence electrons. The van der Waals surface area contributed by atoms with E-state index in [2.05, 4.69) is 0 Å². The highest BCUT2D eigenvalue weighted by Gasteiger charge is 2.03. The van der Waals surface area contributed by atoms with Crippen molar-refractivity contribution >= 4 is 6.29 Å². The van der Waals surface area contributed by atoms with Crippen LogP contribution in [0.4, 0.5) is 0 Å². The van der Waals surface area contributed by atoms with Gasteiger partial charge in [-0.15, -0.1) is 0 Å². The fourth-order valence-corrected chi connectivity index (χ4v) is 0.968. The van der Waals surface area contributed by atoms with Gasteiger partial charge in [-0.05, 0) is 19.1 Å². The van der Waals surface area contributed by atoms with Crippen LogP contribution in [0.15, 0.2) is 18.2 Å². The van der Waals surface area contributed by atoms with E-state index in [1.54, 1.807) is 12.4 Å². The maximum atomic E-state index is 9.93. The first-order valence-electron chi connectivity index (χ1n) is 4.21. The van der Waals surface area contributed by atoms with Crippen molar-refractivity contribution in [2.75, 3.05) is 13.2 Å². The minimum Gasteiger partial charge on any atom is -0.504 e. The van der Waals surface area contributed by atoms with Crippen molar-refractivity contribution in [2.45, 2.75) is 6.92 Å². The minimum absolute atomic E-state index is 0.0503. The molecule has 0 aliphatic heterocycles. The van der Waals surface area contributed by atoms with Gasteiger partial charge < -0.3 is 14.6 Å². The summed E-state index contributed by atoms with van der Waals surface area (Å²) < 4.78 is 10.1. The minimum atomic E-state index is -0.129. The van der Waals surface area contributed by atoms with Crippen molar-refractivity contribution in [2.24, 2.45) is 0 Å². The van der Waals surface area contributed by atoms with Gasteiger partial charge in [-0.1, -0.05) is 0 Å². The van der Waals surface area contributed by atoms with Gasteiger partial charge in [-0.25, -0.2) is 0 Å². The lowest BCUT2D eigenvalue weighted by molar-refractivity contribution is 0.312. The number of ether oxygens (including phenoxy) is 2. The Bertz CT molecular complexity index is 309. The van der Waals surface area contributed by atoms with Crippen molar-refractivity contribution in [3.8, 4) is 17.2 Å². The molecule has 0 saturated carbocycles. The van der Waals surface area contributed by atoms with E-state index in [1.807, 2.05) is 6.92 Å². The molecule has 0 spiro atoms. The second kappa shape index (κ2) is 5.11. The lowest BCUT2D eigenvalue weighted by Crippen LogP contribution is -1.98. The van der Waals surface area contributed by atoms with Crippen LogP contribution in [0.3, 0.4) is 0 Å². The van der Waals surface area contributed by atoms with Crippen LogP contribution in [0.2, 0.25) is 0 Å². The molecule has 0 saturated heterocycles. The first-order valence-corrected chi connectivity index (χ1v) is 4.21. The van der Waals surface area contributed by atoms with E-state index in [0.717, 1.165) is 0 Å². The Morgan fingerprint density at radius 3 is 2.86 bits per heavy atom. The van der Waals surface area contributed by atoms with Crippen LogP contribution >= 0.6 is 0 Å². The van der Waals surface area contributed by atoms with Crippen molar-refractivity contribution in [3.05, 3.63) is 18.2 Å². The van der Waals surface area contributed by atoms with E-state index in [0.29, 0.717) is 18.1 Å². The Morgan fingerprint density at radius 1 is 1.43 bits per heavy atom. The van der Waals surface area contributed by atoms with E-state index in [4.69, 9.17) is 9.47 Å². The highest BCUT2D eigenvalue weighted by molar-refractivity contribution is 5.53.